The second kappa shape index (κ2) is 8.57. The average molecular weight is 441 g/mol. The number of anilines is 1. The summed E-state index contributed by atoms with van der Waals surface area (Å²) >= 11 is 1.94. The molecule has 7 nitrogen and oxygen atoms in total. The van der Waals surface area contributed by atoms with Crippen LogP contribution in [0.3, 0.4) is 0 Å². The van der Waals surface area contributed by atoms with Gasteiger partial charge in [0.25, 0.3) is 5.91 Å². The number of aromatic nitrogens is 1. The molecule has 164 valence electrons. The van der Waals surface area contributed by atoms with Crippen molar-refractivity contribution < 1.29 is 14.3 Å². The largest absolute Gasteiger partial charge is 0.497 e. The Morgan fingerprint density at radius 3 is 2.42 bits per heavy atom. The van der Waals surface area contributed by atoms with E-state index in [0.29, 0.717) is 31.7 Å². The zero-order valence-corrected chi connectivity index (χ0v) is 18.7. The zero-order valence-electron chi connectivity index (χ0n) is 17.9. The van der Waals surface area contributed by atoms with Crippen LogP contribution < -0.4 is 9.64 Å². The van der Waals surface area contributed by atoms with E-state index in [2.05, 4.69) is 9.88 Å². The van der Waals surface area contributed by atoms with E-state index in [9.17, 15) is 9.59 Å². The van der Waals surface area contributed by atoms with Crippen LogP contribution in [0.15, 0.2) is 24.4 Å². The lowest BCUT2D eigenvalue weighted by molar-refractivity contribution is -0.134. The van der Waals surface area contributed by atoms with E-state index in [1.165, 1.54) is 0 Å². The van der Waals surface area contributed by atoms with Crippen molar-refractivity contribution >= 4 is 40.2 Å². The molecule has 5 rings (SSSR count). The van der Waals surface area contributed by atoms with Gasteiger partial charge in [0, 0.05) is 68.3 Å². The first-order valence-corrected chi connectivity index (χ1v) is 12.2. The number of benzene rings is 1. The standard InChI is InChI=1S/C23H28N4O3S/c1-30-17-4-5-20-18(14-17)21(25-10-12-31-13-11-25)19(15-24-20)23(29)27-8-6-26(7-9-27)22(28)16-2-3-16/h4-5,14-16H,2-3,6-13H2,1H3. The smallest absolute Gasteiger partial charge is 0.257 e. The summed E-state index contributed by atoms with van der Waals surface area (Å²) in [6.45, 7) is 4.19. The molecule has 2 aromatic rings. The number of carbonyl (C=O) groups is 2. The Bertz CT molecular complexity index is 996. The van der Waals surface area contributed by atoms with Crippen LogP contribution in [0.4, 0.5) is 5.69 Å². The molecule has 0 atom stereocenters. The molecule has 8 heteroatoms. The van der Waals surface area contributed by atoms with Gasteiger partial charge in [-0.05, 0) is 31.0 Å². The molecule has 3 fully saturated rings. The van der Waals surface area contributed by atoms with Crippen molar-refractivity contribution in [3.8, 4) is 5.75 Å². The SMILES string of the molecule is COc1ccc2ncc(C(=O)N3CCN(C(=O)C4CC4)CC3)c(N3CCSCC3)c2c1. The summed E-state index contributed by atoms with van der Waals surface area (Å²) in [5, 5.41) is 0.958. The Kier molecular flexibility index (Phi) is 5.65. The molecule has 31 heavy (non-hydrogen) atoms. The van der Waals surface area contributed by atoms with E-state index in [1.807, 2.05) is 39.8 Å². The highest BCUT2D eigenvalue weighted by atomic mass is 32.2. The van der Waals surface area contributed by atoms with Gasteiger partial charge in [0.05, 0.1) is 23.9 Å². The molecule has 0 unspecified atom stereocenters. The zero-order chi connectivity index (χ0) is 21.4. The number of pyridine rings is 1. The number of rotatable bonds is 4. The second-order valence-electron chi connectivity index (χ2n) is 8.39. The molecule has 2 saturated heterocycles. The molecule has 0 N–H and O–H groups in total. The summed E-state index contributed by atoms with van der Waals surface area (Å²) in [5.41, 5.74) is 2.48. The molecule has 0 bridgehead atoms. The maximum Gasteiger partial charge on any atom is 0.257 e. The van der Waals surface area contributed by atoms with Gasteiger partial charge in [-0.25, -0.2) is 0 Å². The summed E-state index contributed by atoms with van der Waals surface area (Å²) in [6.07, 6.45) is 3.76. The number of carbonyl (C=O) groups excluding carboxylic acids is 2. The third kappa shape index (κ3) is 4.05. The van der Waals surface area contributed by atoms with E-state index >= 15 is 0 Å². The highest BCUT2D eigenvalue weighted by Gasteiger charge is 2.35. The third-order valence-electron chi connectivity index (χ3n) is 6.41. The summed E-state index contributed by atoms with van der Waals surface area (Å²) in [7, 11) is 1.66. The minimum atomic E-state index is 0.00367. The molecule has 0 radical (unpaired) electrons. The van der Waals surface area contributed by atoms with Crippen LogP contribution >= 0.6 is 11.8 Å². The number of amides is 2. The van der Waals surface area contributed by atoms with Crippen LogP contribution in [-0.2, 0) is 4.79 Å². The normalized spacial score (nSPS) is 19.6. The van der Waals surface area contributed by atoms with Gasteiger partial charge in [-0.1, -0.05) is 0 Å². The molecule has 1 aromatic heterocycles. The van der Waals surface area contributed by atoms with E-state index in [0.717, 1.165) is 59.8 Å². The van der Waals surface area contributed by atoms with Crippen molar-refractivity contribution in [3.05, 3.63) is 30.0 Å². The molecule has 2 aliphatic heterocycles. The third-order valence-corrected chi connectivity index (χ3v) is 7.35. The fraction of sp³-hybridized carbons (Fsp3) is 0.522. The maximum absolute atomic E-state index is 13.6. The Morgan fingerprint density at radius 1 is 1.03 bits per heavy atom. The van der Waals surface area contributed by atoms with Crippen molar-refractivity contribution in [1.82, 2.24) is 14.8 Å². The Hall–Kier alpha value is -2.48. The fourth-order valence-corrected chi connectivity index (χ4v) is 5.36. The van der Waals surface area contributed by atoms with Crippen molar-refractivity contribution in [1.29, 1.82) is 0 Å². The molecule has 1 saturated carbocycles. The molecule has 0 spiro atoms. The van der Waals surface area contributed by atoms with E-state index in [1.54, 1.807) is 13.3 Å². The Morgan fingerprint density at radius 2 is 1.74 bits per heavy atom. The highest BCUT2D eigenvalue weighted by molar-refractivity contribution is 7.99. The number of fused-ring (bicyclic) bond motifs is 1. The van der Waals surface area contributed by atoms with Gasteiger partial charge in [-0.15, -0.1) is 0 Å². The number of nitrogens with zero attached hydrogens (tertiary/aromatic N) is 4. The van der Waals surface area contributed by atoms with Crippen LogP contribution in [-0.4, -0.2) is 84.5 Å². The Balaban J connectivity index is 1.45. The lowest BCUT2D eigenvalue weighted by Crippen LogP contribution is -2.51. The molecular weight excluding hydrogens is 412 g/mol. The minimum Gasteiger partial charge on any atom is -0.497 e. The van der Waals surface area contributed by atoms with Gasteiger partial charge < -0.3 is 19.4 Å². The van der Waals surface area contributed by atoms with E-state index in [4.69, 9.17) is 4.74 Å². The number of hydrogen-bond donors (Lipinski definition) is 0. The summed E-state index contributed by atoms with van der Waals surface area (Å²) < 4.78 is 5.46. The van der Waals surface area contributed by atoms with E-state index < -0.39 is 0 Å². The predicted octanol–water partition coefficient (Wildman–Crippen LogP) is 2.49. The van der Waals surface area contributed by atoms with Crippen LogP contribution in [0.25, 0.3) is 10.9 Å². The van der Waals surface area contributed by atoms with Gasteiger partial charge in [-0.2, -0.15) is 11.8 Å². The minimum absolute atomic E-state index is 0.00367. The number of ether oxygens (including phenoxy) is 1. The van der Waals surface area contributed by atoms with Crippen LogP contribution in [0.2, 0.25) is 0 Å². The van der Waals surface area contributed by atoms with Crippen LogP contribution in [0.5, 0.6) is 5.75 Å². The maximum atomic E-state index is 13.6. The topological polar surface area (TPSA) is 66.0 Å². The first-order valence-electron chi connectivity index (χ1n) is 11.0. The fourth-order valence-electron chi connectivity index (χ4n) is 4.46. The summed E-state index contributed by atoms with van der Waals surface area (Å²) in [5.74, 6) is 3.35. The molecule has 1 aromatic carbocycles. The predicted molar refractivity (Wildman–Crippen MR) is 123 cm³/mol. The van der Waals surface area contributed by atoms with Gasteiger partial charge in [0.15, 0.2) is 0 Å². The van der Waals surface area contributed by atoms with Crippen molar-refractivity contribution in [2.75, 3.05) is 62.8 Å². The number of methoxy groups -OCH3 is 1. The lowest BCUT2D eigenvalue weighted by Gasteiger charge is -2.36. The van der Waals surface area contributed by atoms with Gasteiger partial charge in [0.1, 0.15) is 5.75 Å². The first-order chi connectivity index (χ1) is 15.2. The average Bonchev–Trinajstić information content (AvgIpc) is 3.68. The second-order valence-corrected chi connectivity index (χ2v) is 9.62. The highest BCUT2D eigenvalue weighted by Crippen LogP contribution is 2.35. The molecule has 3 heterocycles. The van der Waals surface area contributed by atoms with Crippen molar-refractivity contribution in [2.24, 2.45) is 5.92 Å². The Labute approximate surface area is 186 Å². The first kappa shape index (κ1) is 20.4. The molecule has 3 aliphatic rings. The number of hydrogen-bond acceptors (Lipinski definition) is 6. The van der Waals surface area contributed by atoms with Gasteiger partial charge in [0.2, 0.25) is 5.91 Å². The molecular formula is C23H28N4O3S. The number of piperazine rings is 1. The van der Waals surface area contributed by atoms with Crippen molar-refractivity contribution in [2.45, 2.75) is 12.8 Å². The summed E-state index contributed by atoms with van der Waals surface area (Å²) in [6, 6.07) is 5.85. The quantitative estimate of drug-likeness (QED) is 0.728. The molecule has 2 amide bonds. The lowest BCUT2D eigenvalue weighted by atomic mass is 10.1. The van der Waals surface area contributed by atoms with Gasteiger partial charge >= 0.3 is 0 Å². The van der Waals surface area contributed by atoms with Crippen LogP contribution in [0.1, 0.15) is 23.2 Å². The van der Waals surface area contributed by atoms with Crippen molar-refractivity contribution in [3.63, 3.8) is 0 Å². The summed E-state index contributed by atoms with van der Waals surface area (Å²) in [4.78, 5) is 36.7. The number of thioether (sulfide) groups is 1. The van der Waals surface area contributed by atoms with Crippen LogP contribution in [0, 0.1) is 5.92 Å². The molecule has 1 aliphatic carbocycles. The van der Waals surface area contributed by atoms with E-state index in [-0.39, 0.29) is 17.7 Å². The van der Waals surface area contributed by atoms with Gasteiger partial charge in [-0.3, -0.25) is 14.6 Å². The monoisotopic (exact) mass is 440 g/mol.